The highest BCUT2D eigenvalue weighted by atomic mass is 16.8. The first-order valence-electron chi connectivity index (χ1n) is 20.6. The van der Waals surface area contributed by atoms with Crippen LogP contribution < -0.4 is 0 Å². The molecule has 316 valence electrons. The number of rotatable bonds is 10. The summed E-state index contributed by atoms with van der Waals surface area (Å²) in [6, 6.07) is 0. The summed E-state index contributed by atoms with van der Waals surface area (Å²) in [7, 11) is 0. The summed E-state index contributed by atoms with van der Waals surface area (Å²) in [6.45, 7) is 18.6. The van der Waals surface area contributed by atoms with Crippen LogP contribution in [0.4, 0.5) is 0 Å². The number of allylic oxidation sites excluding steroid dienone is 3. The lowest BCUT2D eigenvalue weighted by molar-refractivity contribution is -0.383. The Kier molecular flexibility index (Phi) is 12.6. The SMILES string of the molecule is C=C(CCC=C(C)C)[C@H]1CC[C@]2(C)[C@@H]1[C@H](O)C[C@@H]1[C@@]3(C)C[C@@H](O)[C@H](O[C@H]4O[C@H](CO)[C@@H](O)[C@H](O)[C@H]4O[C@@H]4O[C@H](CO)[C@@H](O)[C@H](O)[C@H]4O)C(C)(C)[C@@H]3CC[C@]12C. The number of hydrogen-bond donors (Lipinski definition) is 9. The van der Waals surface area contributed by atoms with Gasteiger partial charge in [0.05, 0.1) is 31.5 Å². The Bertz CT molecular complexity index is 1400. The van der Waals surface area contributed by atoms with Crippen LogP contribution in [0.1, 0.15) is 99.8 Å². The third kappa shape index (κ3) is 7.12. The van der Waals surface area contributed by atoms with Crippen LogP contribution in [0, 0.1) is 45.3 Å². The van der Waals surface area contributed by atoms with Gasteiger partial charge >= 0.3 is 0 Å². The van der Waals surface area contributed by atoms with Gasteiger partial charge in [-0.1, -0.05) is 58.4 Å². The molecule has 0 aromatic heterocycles. The Morgan fingerprint density at radius 3 is 1.95 bits per heavy atom. The second-order valence-corrected chi connectivity index (χ2v) is 19.6. The number of aliphatic hydroxyl groups is 9. The van der Waals surface area contributed by atoms with E-state index in [4.69, 9.17) is 18.9 Å². The van der Waals surface area contributed by atoms with E-state index >= 15 is 0 Å². The molecule has 9 N–H and O–H groups in total. The lowest BCUT2D eigenvalue weighted by Gasteiger charge is -2.71. The molecular formula is C42H70O13. The highest BCUT2D eigenvalue weighted by Crippen LogP contribution is 2.75. The second-order valence-electron chi connectivity index (χ2n) is 19.6. The second kappa shape index (κ2) is 15.9. The molecule has 0 amide bonds. The number of ether oxygens (including phenoxy) is 4. The Labute approximate surface area is 326 Å². The van der Waals surface area contributed by atoms with Crippen LogP contribution in [-0.4, -0.2) is 139 Å². The summed E-state index contributed by atoms with van der Waals surface area (Å²) in [5.41, 5.74) is 1.28. The van der Waals surface area contributed by atoms with Crippen molar-refractivity contribution in [1.82, 2.24) is 0 Å². The van der Waals surface area contributed by atoms with E-state index in [0.717, 1.165) is 38.5 Å². The van der Waals surface area contributed by atoms with Gasteiger partial charge in [-0.3, -0.25) is 0 Å². The van der Waals surface area contributed by atoms with Gasteiger partial charge in [0.25, 0.3) is 0 Å². The van der Waals surface area contributed by atoms with E-state index in [-0.39, 0.29) is 39.9 Å². The van der Waals surface area contributed by atoms with E-state index in [1.54, 1.807) is 0 Å². The fourth-order valence-corrected chi connectivity index (χ4v) is 13.1. The molecule has 6 aliphatic rings. The third-order valence-corrected chi connectivity index (χ3v) is 16.1. The molecule has 4 aliphatic carbocycles. The van der Waals surface area contributed by atoms with Gasteiger partial charge in [0.15, 0.2) is 12.6 Å². The Hall–Kier alpha value is -1.04. The van der Waals surface area contributed by atoms with E-state index < -0.39 is 98.4 Å². The first-order valence-corrected chi connectivity index (χ1v) is 20.6. The lowest BCUT2D eigenvalue weighted by Crippen LogP contribution is -2.69. The molecular weight excluding hydrogens is 712 g/mol. The van der Waals surface area contributed by atoms with Crippen molar-refractivity contribution in [2.75, 3.05) is 13.2 Å². The maximum absolute atomic E-state index is 12.2. The molecule has 20 atom stereocenters. The molecule has 0 spiro atoms. The third-order valence-electron chi connectivity index (χ3n) is 16.1. The summed E-state index contributed by atoms with van der Waals surface area (Å²) < 4.78 is 24.1. The van der Waals surface area contributed by atoms with Gasteiger partial charge in [0.1, 0.15) is 48.8 Å². The minimum Gasteiger partial charge on any atom is -0.394 e. The Morgan fingerprint density at radius 2 is 1.33 bits per heavy atom. The number of fused-ring (bicyclic) bond motifs is 5. The van der Waals surface area contributed by atoms with Crippen molar-refractivity contribution in [1.29, 1.82) is 0 Å². The highest BCUT2D eigenvalue weighted by Gasteiger charge is 2.71. The van der Waals surface area contributed by atoms with Crippen molar-refractivity contribution in [2.45, 2.75) is 180 Å². The van der Waals surface area contributed by atoms with Crippen LogP contribution in [0.3, 0.4) is 0 Å². The largest absolute Gasteiger partial charge is 0.394 e. The topological polar surface area (TPSA) is 219 Å². The molecule has 55 heavy (non-hydrogen) atoms. The molecule has 2 saturated heterocycles. The maximum atomic E-state index is 12.2. The molecule has 0 aromatic rings. The van der Waals surface area contributed by atoms with Gasteiger partial charge < -0.3 is 64.9 Å². The zero-order chi connectivity index (χ0) is 40.6. The fourth-order valence-electron chi connectivity index (χ4n) is 13.1. The van der Waals surface area contributed by atoms with Crippen LogP contribution in [0.2, 0.25) is 0 Å². The molecule has 2 heterocycles. The molecule has 0 bridgehead atoms. The zero-order valence-electron chi connectivity index (χ0n) is 33.8. The van der Waals surface area contributed by atoms with Gasteiger partial charge in [0.2, 0.25) is 0 Å². The Morgan fingerprint density at radius 1 is 0.727 bits per heavy atom. The predicted molar refractivity (Wildman–Crippen MR) is 201 cm³/mol. The predicted octanol–water partition coefficient (Wildman–Crippen LogP) is 1.93. The monoisotopic (exact) mass is 782 g/mol. The molecule has 4 saturated carbocycles. The smallest absolute Gasteiger partial charge is 0.187 e. The molecule has 0 radical (unpaired) electrons. The van der Waals surface area contributed by atoms with E-state index in [2.05, 4.69) is 61.1 Å². The van der Waals surface area contributed by atoms with Crippen LogP contribution >= 0.6 is 0 Å². The van der Waals surface area contributed by atoms with E-state index in [1.807, 2.05) is 0 Å². The quantitative estimate of drug-likeness (QED) is 0.115. The van der Waals surface area contributed by atoms with E-state index in [9.17, 15) is 46.0 Å². The number of aliphatic hydroxyl groups excluding tert-OH is 9. The van der Waals surface area contributed by atoms with Crippen LogP contribution in [-0.2, 0) is 18.9 Å². The van der Waals surface area contributed by atoms with Gasteiger partial charge in [-0.25, -0.2) is 0 Å². The first-order chi connectivity index (χ1) is 25.7. The standard InChI is InChI=1S/C42H70O13/c1-20(2)10-9-11-21(3)22-12-14-42(8)29(22)23(45)16-28-40(6)17-24(46)36(39(4,5)27(40)13-15-41(28,42)7)55-38-35(33(50)31(48)26(19-44)53-38)54-37-34(51)32(49)30(47)25(18-43)52-37/h10,22-38,43-51H,3,9,11-19H2,1-2,4-8H3/t22-,23-,24-,25-,26-,27+,28-,29+,30-,31-,32+,33+,34-,35-,36+,37+,38-,40+,41-,42-/m1/s1. The zero-order valence-corrected chi connectivity index (χ0v) is 33.8. The number of hydrogen-bond acceptors (Lipinski definition) is 13. The molecule has 0 unspecified atom stereocenters. The summed E-state index contributed by atoms with van der Waals surface area (Å²) in [6.07, 6.45) is -9.14. The van der Waals surface area contributed by atoms with Gasteiger partial charge in [-0.05, 0) is 111 Å². The van der Waals surface area contributed by atoms with Crippen LogP contribution in [0.25, 0.3) is 0 Å². The average molecular weight is 783 g/mol. The van der Waals surface area contributed by atoms with Crippen molar-refractivity contribution in [3.63, 3.8) is 0 Å². The summed E-state index contributed by atoms with van der Waals surface area (Å²) in [4.78, 5) is 0. The summed E-state index contributed by atoms with van der Waals surface area (Å²) in [5, 5.41) is 97.6. The summed E-state index contributed by atoms with van der Waals surface area (Å²) >= 11 is 0. The normalized spacial score (nSPS) is 52.1. The minimum atomic E-state index is -1.80. The highest BCUT2D eigenvalue weighted by molar-refractivity contribution is 5.23. The molecule has 0 aromatic carbocycles. The van der Waals surface area contributed by atoms with Crippen molar-refractivity contribution >= 4 is 0 Å². The molecule has 13 heteroatoms. The van der Waals surface area contributed by atoms with Gasteiger partial charge in [0, 0.05) is 0 Å². The maximum Gasteiger partial charge on any atom is 0.187 e. The van der Waals surface area contributed by atoms with Crippen LogP contribution in [0.5, 0.6) is 0 Å². The average Bonchev–Trinajstić information content (AvgIpc) is 3.49. The molecule has 6 rings (SSSR count). The molecule has 2 aliphatic heterocycles. The lowest BCUT2D eigenvalue weighted by atomic mass is 9.35. The first kappa shape index (κ1) is 43.5. The van der Waals surface area contributed by atoms with Crippen LogP contribution in [0.15, 0.2) is 23.8 Å². The Balaban J connectivity index is 1.25. The van der Waals surface area contributed by atoms with E-state index in [0.29, 0.717) is 12.8 Å². The van der Waals surface area contributed by atoms with Gasteiger partial charge in [-0.2, -0.15) is 0 Å². The summed E-state index contributed by atoms with van der Waals surface area (Å²) in [5.74, 6) is 0.556. The van der Waals surface area contributed by atoms with Crippen molar-refractivity contribution < 1.29 is 64.9 Å². The minimum absolute atomic E-state index is 0.0487. The van der Waals surface area contributed by atoms with E-state index in [1.165, 1.54) is 11.1 Å². The van der Waals surface area contributed by atoms with Gasteiger partial charge in [-0.15, -0.1) is 0 Å². The van der Waals surface area contributed by atoms with Crippen molar-refractivity contribution in [3.05, 3.63) is 23.8 Å². The molecule has 13 nitrogen and oxygen atoms in total. The van der Waals surface area contributed by atoms with Crippen molar-refractivity contribution in [2.24, 2.45) is 45.3 Å². The van der Waals surface area contributed by atoms with Crippen molar-refractivity contribution in [3.8, 4) is 0 Å². The molecule has 6 fully saturated rings. The fraction of sp³-hybridized carbons (Fsp3) is 0.905.